The first-order valence-electron chi connectivity index (χ1n) is 10.9. The van der Waals surface area contributed by atoms with Gasteiger partial charge in [-0.3, -0.25) is 0 Å². The van der Waals surface area contributed by atoms with Crippen molar-refractivity contribution >= 4 is 40.2 Å². The lowest BCUT2D eigenvalue weighted by molar-refractivity contribution is -0.142. The number of aromatic nitrogens is 1. The molecule has 172 valence electrons. The van der Waals surface area contributed by atoms with Gasteiger partial charge in [-0.2, -0.15) is 0 Å². The average Bonchev–Trinajstić information content (AvgIpc) is 2.97. The molecule has 0 aliphatic rings. The van der Waals surface area contributed by atoms with Crippen LogP contribution in [0.25, 0.3) is 10.9 Å². The van der Waals surface area contributed by atoms with Crippen LogP contribution in [0.5, 0.6) is 0 Å². The predicted octanol–water partition coefficient (Wildman–Crippen LogP) is 7.00. The molecule has 0 fully saturated rings. The van der Waals surface area contributed by atoms with Gasteiger partial charge in [0.05, 0.1) is 6.61 Å². The van der Waals surface area contributed by atoms with Crippen LogP contribution in [0, 0.1) is 0 Å². The van der Waals surface area contributed by atoms with Crippen LogP contribution in [0.15, 0.2) is 47.4 Å². The minimum atomic E-state index is -0.947. The van der Waals surface area contributed by atoms with E-state index >= 15 is 0 Å². The summed E-state index contributed by atoms with van der Waals surface area (Å²) >= 11 is 7.96. The molecule has 4 nitrogen and oxygen atoms in total. The normalized spacial score (nSPS) is 12.1. The number of carboxylic acids is 1. The summed E-state index contributed by atoms with van der Waals surface area (Å²) in [6, 6.07) is 14.7. The Bertz CT molecular complexity index is 1080. The maximum absolute atomic E-state index is 10.9. The fourth-order valence-electron chi connectivity index (χ4n) is 3.70. The highest BCUT2D eigenvalue weighted by Gasteiger charge is 2.23. The van der Waals surface area contributed by atoms with E-state index in [0.717, 1.165) is 5.02 Å². The molecule has 3 rings (SSSR count). The van der Waals surface area contributed by atoms with Gasteiger partial charge in [0, 0.05) is 44.2 Å². The maximum atomic E-state index is 10.9. The minimum absolute atomic E-state index is 0.0316. The third-order valence-corrected chi connectivity index (χ3v) is 6.71. The van der Waals surface area contributed by atoms with Gasteiger partial charge >= 0.3 is 5.97 Å². The Labute approximate surface area is 199 Å². The number of carbonyl (C=O) groups is 1. The van der Waals surface area contributed by atoms with E-state index < -0.39 is 5.97 Å². The largest absolute Gasteiger partial charge is 0.480 e. The van der Waals surface area contributed by atoms with Crippen LogP contribution in [0.4, 0.5) is 0 Å². The Kier molecular flexibility index (Phi) is 7.97. The zero-order valence-corrected chi connectivity index (χ0v) is 21.0. The molecular formula is C26H32ClNO3S. The molecule has 0 amide bonds. The SMILES string of the molecule is CC(C)c1ccc2c(c1)c(SC(C)(C)C)c(CCOCC(=O)O)n2Cc1ccc(Cl)cc1. The molecule has 0 spiro atoms. The molecule has 0 saturated heterocycles. The smallest absolute Gasteiger partial charge is 0.329 e. The van der Waals surface area contributed by atoms with E-state index in [9.17, 15) is 4.79 Å². The summed E-state index contributed by atoms with van der Waals surface area (Å²) in [6.07, 6.45) is 0.644. The monoisotopic (exact) mass is 473 g/mol. The van der Waals surface area contributed by atoms with Crippen LogP contribution < -0.4 is 0 Å². The first-order valence-corrected chi connectivity index (χ1v) is 12.1. The number of halogens is 1. The second kappa shape index (κ2) is 10.3. The Hall–Kier alpha value is -1.95. The first kappa shape index (κ1) is 24.7. The van der Waals surface area contributed by atoms with Gasteiger partial charge in [0.1, 0.15) is 6.61 Å². The lowest BCUT2D eigenvalue weighted by Crippen LogP contribution is -2.13. The lowest BCUT2D eigenvalue weighted by Gasteiger charge is -2.19. The topological polar surface area (TPSA) is 51.5 Å². The number of aliphatic carboxylic acids is 1. The van der Waals surface area contributed by atoms with Gasteiger partial charge < -0.3 is 14.4 Å². The van der Waals surface area contributed by atoms with E-state index in [1.165, 1.54) is 32.6 Å². The fourth-order valence-corrected chi connectivity index (χ4v) is 5.05. The van der Waals surface area contributed by atoms with Crippen molar-refractivity contribution in [2.45, 2.75) is 63.1 Å². The van der Waals surface area contributed by atoms with Crippen LogP contribution in [-0.4, -0.2) is 33.6 Å². The molecule has 2 aromatic carbocycles. The quantitative estimate of drug-likeness (QED) is 0.268. The average molecular weight is 474 g/mol. The minimum Gasteiger partial charge on any atom is -0.480 e. The number of ether oxygens (including phenoxy) is 1. The van der Waals surface area contributed by atoms with E-state index in [1.54, 1.807) is 0 Å². The third kappa shape index (κ3) is 6.31. The molecule has 0 atom stereocenters. The predicted molar refractivity (Wildman–Crippen MR) is 134 cm³/mol. The Morgan fingerprint density at radius 3 is 2.44 bits per heavy atom. The highest BCUT2D eigenvalue weighted by Crippen LogP contribution is 2.42. The third-order valence-electron chi connectivity index (χ3n) is 5.18. The summed E-state index contributed by atoms with van der Waals surface area (Å²) in [4.78, 5) is 12.2. The Morgan fingerprint density at radius 2 is 1.84 bits per heavy atom. The van der Waals surface area contributed by atoms with E-state index in [4.69, 9.17) is 21.4 Å². The van der Waals surface area contributed by atoms with Crippen LogP contribution in [0.3, 0.4) is 0 Å². The molecular weight excluding hydrogens is 442 g/mol. The van der Waals surface area contributed by atoms with E-state index in [-0.39, 0.29) is 11.4 Å². The Morgan fingerprint density at radius 1 is 1.16 bits per heavy atom. The van der Waals surface area contributed by atoms with Gasteiger partial charge in [-0.15, -0.1) is 11.8 Å². The standard InChI is InChI=1S/C26H32ClNO3S/c1-17(2)19-8-11-22-21(14-19)25(32-26(3,4)5)23(12-13-31-16-24(29)30)28(22)15-18-6-9-20(27)10-7-18/h6-11,14,17H,12-13,15-16H2,1-5H3,(H,29,30). The van der Waals surface area contributed by atoms with Gasteiger partial charge in [-0.25, -0.2) is 4.79 Å². The number of hydrogen-bond donors (Lipinski definition) is 1. The number of fused-ring (bicyclic) bond motifs is 1. The number of benzene rings is 2. The lowest BCUT2D eigenvalue weighted by atomic mass is 10.0. The summed E-state index contributed by atoms with van der Waals surface area (Å²) in [7, 11) is 0. The van der Waals surface area contributed by atoms with Crippen LogP contribution in [0.2, 0.25) is 5.02 Å². The van der Waals surface area contributed by atoms with Crippen LogP contribution in [-0.2, 0) is 22.5 Å². The van der Waals surface area contributed by atoms with Crippen LogP contribution >= 0.6 is 23.4 Å². The van der Waals surface area contributed by atoms with Crippen molar-refractivity contribution in [1.29, 1.82) is 0 Å². The zero-order valence-electron chi connectivity index (χ0n) is 19.4. The summed E-state index contributed by atoms with van der Waals surface area (Å²) in [5.41, 5.74) is 4.84. The summed E-state index contributed by atoms with van der Waals surface area (Å²) in [5.74, 6) is -0.508. The summed E-state index contributed by atoms with van der Waals surface area (Å²) in [6.45, 7) is 11.9. The van der Waals surface area contributed by atoms with Crippen molar-refractivity contribution in [2.75, 3.05) is 13.2 Å². The molecule has 1 heterocycles. The molecule has 0 aliphatic heterocycles. The van der Waals surface area contributed by atoms with Crippen molar-refractivity contribution in [1.82, 2.24) is 4.57 Å². The fraction of sp³-hybridized carbons (Fsp3) is 0.423. The van der Waals surface area contributed by atoms with Gasteiger partial charge in [0.2, 0.25) is 0 Å². The molecule has 32 heavy (non-hydrogen) atoms. The van der Waals surface area contributed by atoms with E-state index in [2.05, 4.69) is 69.5 Å². The van der Waals surface area contributed by atoms with E-state index in [1.807, 2.05) is 23.9 Å². The highest BCUT2D eigenvalue weighted by atomic mass is 35.5. The molecule has 0 saturated carbocycles. The van der Waals surface area contributed by atoms with Crippen LogP contribution in [0.1, 0.15) is 57.4 Å². The second-order valence-electron chi connectivity index (χ2n) is 9.33. The molecule has 0 bridgehead atoms. The van der Waals surface area contributed by atoms with Gasteiger partial charge in [-0.05, 0) is 41.3 Å². The second-order valence-corrected chi connectivity index (χ2v) is 11.6. The number of nitrogens with zero attached hydrogens (tertiary/aromatic N) is 1. The number of carboxylic acid groups (broad SMARTS) is 1. The number of rotatable bonds is 9. The van der Waals surface area contributed by atoms with E-state index in [0.29, 0.717) is 25.5 Å². The van der Waals surface area contributed by atoms with Crippen molar-refractivity contribution < 1.29 is 14.6 Å². The van der Waals surface area contributed by atoms with Gasteiger partial charge in [-0.1, -0.05) is 64.4 Å². The van der Waals surface area contributed by atoms with Crippen molar-refractivity contribution in [3.8, 4) is 0 Å². The first-order chi connectivity index (χ1) is 15.0. The molecule has 3 aromatic rings. The number of thioether (sulfide) groups is 1. The number of hydrogen-bond acceptors (Lipinski definition) is 3. The molecule has 1 N–H and O–H groups in total. The zero-order chi connectivity index (χ0) is 23.5. The molecule has 0 aliphatic carbocycles. The van der Waals surface area contributed by atoms with Gasteiger partial charge in [0.25, 0.3) is 0 Å². The van der Waals surface area contributed by atoms with Crippen molar-refractivity contribution in [3.05, 3.63) is 64.3 Å². The van der Waals surface area contributed by atoms with Gasteiger partial charge in [0.15, 0.2) is 0 Å². The summed E-state index contributed by atoms with van der Waals surface area (Å²) < 4.78 is 7.80. The summed E-state index contributed by atoms with van der Waals surface area (Å²) in [5, 5.41) is 10.9. The molecule has 0 radical (unpaired) electrons. The molecule has 0 unspecified atom stereocenters. The Balaban J connectivity index is 2.13. The highest BCUT2D eigenvalue weighted by molar-refractivity contribution is 8.00. The van der Waals surface area contributed by atoms with Crippen molar-refractivity contribution in [3.63, 3.8) is 0 Å². The maximum Gasteiger partial charge on any atom is 0.329 e. The van der Waals surface area contributed by atoms with Crippen molar-refractivity contribution in [2.24, 2.45) is 0 Å². The molecule has 6 heteroatoms. The molecule has 1 aromatic heterocycles.